The molecule has 5 heteroatoms. The van der Waals surface area contributed by atoms with Crippen LogP contribution in [0.1, 0.15) is 0 Å². The Labute approximate surface area is 94.3 Å². The molecule has 80 valence electrons. The summed E-state index contributed by atoms with van der Waals surface area (Å²) < 4.78 is 5.77. The van der Waals surface area contributed by atoms with Gasteiger partial charge in [0.2, 0.25) is 5.71 Å². The molecule has 0 aliphatic carbocycles. The summed E-state index contributed by atoms with van der Waals surface area (Å²) >= 11 is 1.53. The first-order chi connectivity index (χ1) is 7.00. The minimum Gasteiger partial charge on any atom is -0.448 e. The van der Waals surface area contributed by atoms with Gasteiger partial charge in [-0.05, 0) is 12.3 Å². The molecule has 3 nitrogen and oxygen atoms in total. The van der Waals surface area contributed by atoms with Gasteiger partial charge in [0.1, 0.15) is 8.07 Å². The van der Waals surface area contributed by atoms with Crippen molar-refractivity contribution in [2.24, 2.45) is 0 Å². The van der Waals surface area contributed by atoms with Crippen molar-refractivity contribution in [3.63, 3.8) is 0 Å². The van der Waals surface area contributed by atoms with Crippen molar-refractivity contribution in [3.8, 4) is 0 Å². The molecule has 0 bridgehead atoms. The van der Waals surface area contributed by atoms with Crippen molar-refractivity contribution in [1.29, 1.82) is 0 Å². The molecule has 0 unspecified atom stereocenters. The SMILES string of the molecule is CSc1ncc2cc([Si](C)(C)C)oc2n1. The van der Waals surface area contributed by atoms with Crippen LogP contribution < -0.4 is 5.38 Å². The lowest BCUT2D eigenvalue weighted by atomic mass is 10.4. The number of aromatic nitrogens is 2. The van der Waals surface area contributed by atoms with Gasteiger partial charge in [-0.15, -0.1) is 0 Å². The molecule has 0 aliphatic rings. The first-order valence-corrected chi connectivity index (χ1v) is 9.54. The topological polar surface area (TPSA) is 38.9 Å². The van der Waals surface area contributed by atoms with E-state index in [0.717, 1.165) is 15.9 Å². The number of thioether (sulfide) groups is 1. The minimum atomic E-state index is -1.39. The molecule has 2 aromatic rings. The molecule has 2 aromatic heterocycles. The Kier molecular flexibility index (Phi) is 2.60. The van der Waals surface area contributed by atoms with Crippen LogP contribution in [0.2, 0.25) is 19.6 Å². The first-order valence-electron chi connectivity index (χ1n) is 4.82. The summed E-state index contributed by atoms with van der Waals surface area (Å²) in [6.45, 7) is 6.77. The van der Waals surface area contributed by atoms with E-state index in [4.69, 9.17) is 4.42 Å². The standard InChI is InChI=1S/C10H14N2OSSi/c1-14-10-11-6-7-5-8(15(2,3)4)13-9(7)12-10/h5-6H,1-4H3. The summed E-state index contributed by atoms with van der Waals surface area (Å²) in [4.78, 5) is 8.56. The zero-order valence-corrected chi connectivity index (χ0v) is 11.2. The van der Waals surface area contributed by atoms with Gasteiger partial charge in [-0.25, -0.2) is 4.98 Å². The number of hydrogen-bond donors (Lipinski definition) is 0. The fourth-order valence-corrected chi connectivity index (χ4v) is 2.61. The molecule has 0 atom stereocenters. The Balaban J connectivity index is 2.56. The average Bonchev–Trinajstić information content (AvgIpc) is 2.59. The van der Waals surface area contributed by atoms with Gasteiger partial charge in [-0.1, -0.05) is 31.4 Å². The molecular weight excluding hydrogens is 224 g/mol. The Morgan fingerprint density at radius 2 is 2.07 bits per heavy atom. The van der Waals surface area contributed by atoms with E-state index in [1.54, 1.807) is 0 Å². The monoisotopic (exact) mass is 238 g/mol. The van der Waals surface area contributed by atoms with Crippen LogP contribution in [0.25, 0.3) is 11.1 Å². The second kappa shape index (κ2) is 3.64. The van der Waals surface area contributed by atoms with E-state index in [9.17, 15) is 0 Å². The van der Waals surface area contributed by atoms with E-state index in [1.165, 1.54) is 11.8 Å². The zero-order valence-electron chi connectivity index (χ0n) is 9.37. The highest BCUT2D eigenvalue weighted by molar-refractivity contribution is 7.98. The van der Waals surface area contributed by atoms with E-state index in [0.29, 0.717) is 5.71 Å². The number of hydrogen-bond acceptors (Lipinski definition) is 4. The summed E-state index contributed by atoms with van der Waals surface area (Å²) in [5.74, 6) is 0. The predicted molar refractivity (Wildman–Crippen MR) is 66.6 cm³/mol. The number of fused-ring (bicyclic) bond motifs is 1. The van der Waals surface area contributed by atoms with Crippen LogP contribution in [0.5, 0.6) is 0 Å². The molecule has 0 fully saturated rings. The molecule has 0 N–H and O–H groups in total. The molecule has 0 spiro atoms. The third-order valence-corrected chi connectivity index (χ3v) is 4.46. The maximum Gasteiger partial charge on any atom is 0.229 e. The van der Waals surface area contributed by atoms with Gasteiger partial charge in [0.25, 0.3) is 0 Å². The van der Waals surface area contributed by atoms with Gasteiger partial charge in [0.15, 0.2) is 5.16 Å². The molecule has 0 radical (unpaired) electrons. The molecule has 0 saturated carbocycles. The molecular formula is C10H14N2OSSi. The minimum absolute atomic E-state index is 0.715. The highest BCUT2D eigenvalue weighted by atomic mass is 32.2. The number of nitrogens with zero attached hydrogens (tertiary/aromatic N) is 2. The van der Waals surface area contributed by atoms with Crippen LogP contribution in [0.15, 0.2) is 21.8 Å². The summed E-state index contributed by atoms with van der Waals surface area (Å²) in [6, 6.07) is 2.08. The largest absolute Gasteiger partial charge is 0.448 e. The van der Waals surface area contributed by atoms with Crippen LogP contribution in [0.4, 0.5) is 0 Å². The maximum absolute atomic E-state index is 5.77. The van der Waals surface area contributed by atoms with E-state index < -0.39 is 8.07 Å². The summed E-state index contributed by atoms with van der Waals surface area (Å²) in [7, 11) is -1.39. The fraction of sp³-hybridized carbons (Fsp3) is 0.400. The van der Waals surface area contributed by atoms with E-state index in [2.05, 4.69) is 35.7 Å². The third kappa shape index (κ3) is 2.08. The van der Waals surface area contributed by atoms with Crippen molar-refractivity contribution in [2.75, 3.05) is 6.26 Å². The quantitative estimate of drug-likeness (QED) is 0.458. The van der Waals surface area contributed by atoms with Crippen molar-refractivity contribution < 1.29 is 4.42 Å². The van der Waals surface area contributed by atoms with E-state index >= 15 is 0 Å². The van der Waals surface area contributed by atoms with Gasteiger partial charge in [0.05, 0.1) is 10.8 Å². The fourth-order valence-electron chi connectivity index (χ4n) is 1.28. The number of furan rings is 1. The smallest absolute Gasteiger partial charge is 0.229 e. The van der Waals surface area contributed by atoms with Gasteiger partial charge in [-0.2, -0.15) is 4.98 Å². The molecule has 2 rings (SSSR count). The highest BCUT2D eigenvalue weighted by Crippen LogP contribution is 2.17. The molecule has 15 heavy (non-hydrogen) atoms. The molecule has 0 aromatic carbocycles. The lowest BCUT2D eigenvalue weighted by molar-refractivity contribution is 0.627. The molecule has 0 saturated heterocycles. The summed E-state index contributed by atoms with van der Waals surface area (Å²) in [5, 5.41) is 2.86. The van der Waals surface area contributed by atoms with Crippen molar-refractivity contribution in [2.45, 2.75) is 24.8 Å². The molecule has 2 heterocycles. The lowest BCUT2D eigenvalue weighted by Crippen LogP contribution is -2.36. The van der Waals surface area contributed by atoms with Crippen LogP contribution in [0.3, 0.4) is 0 Å². The maximum atomic E-state index is 5.77. The first kappa shape index (κ1) is 10.7. The Bertz CT molecular complexity index is 490. The van der Waals surface area contributed by atoms with Crippen LogP contribution in [-0.2, 0) is 0 Å². The van der Waals surface area contributed by atoms with Gasteiger partial charge in [-0.3, -0.25) is 0 Å². The van der Waals surface area contributed by atoms with E-state index in [-0.39, 0.29) is 0 Å². The predicted octanol–water partition coefficient (Wildman–Crippen LogP) is 2.49. The van der Waals surface area contributed by atoms with Crippen molar-refractivity contribution in [3.05, 3.63) is 12.3 Å². The lowest BCUT2D eigenvalue weighted by Gasteiger charge is -2.10. The van der Waals surface area contributed by atoms with Gasteiger partial charge < -0.3 is 4.42 Å². The van der Waals surface area contributed by atoms with E-state index in [1.807, 2.05) is 12.5 Å². The van der Waals surface area contributed by atoms with Crippen LogP contribution in [0, 0.1) is 0 Å². The highest BCUT2D eigenvalue weighted by Gasteiger charge is 2.22. The Hall–Kier alpha value is -0.813. The normalized spacial score (nSPS) is 12.3. The zero-order chi connectivity index (χ0) is 11.1. The Morgan fingerprint density at radius 1 is 1.33 bits per heavy atom. The number of rotatable bonds is 2. The van der Waals surface area contributed by atoms with Crippen molar-refractivity contribution in [1.82, 2.24) is 9.97 Å². The van der Waals surface area contributed by atoms with Gasteiger partial charge in [0, 0.05) is 6.20 Å². The Morgan fingerprint density at radius 3 is 2.67 bits per heavy atom. The van der Waals surface area contributed by atoms with Crippen LogP contribution in [-0.4, -0.2) is 24.3 Å². The second-order valence-corrected chi connectivity index (χ2v) is 10.2. The second-order valence-electron chi connectivity index (χ2n) is 4.48. The summed E-state index contributed by atoms with van der Waals surface area (Å²) in [5.41, 5.74) is 0.715. The third-order valence-electron chi connectivity index (χ3n) is 2.17. The summed E-state index contributed by atoms with van der Waals surface area (Å²) in [6.07, 6.45) is 3.80. The van der Waals surface area contributed by atoms with Gasteiger partial charge >= 0.3 is 0 Å². The van der Waals surface area contributed by atoms with Crippen LogP contribution >= 0.6 is 11.8 Å². The molecule has 0 aliphatic heterocycles. The van der Waals surface area contributed by atoms with Crippen molar-refractivity contribution >= 4 is 36.3 Å². The average molecular weight is 238 g/mol. The molecule has 0 amide bonds.